The van der Waals surface area contributed by atoms with Crippen molar-refractivity contribution < 1.29 is 9.53 Å². The average Bonchev–Trinajstić information content (AvgIpc) is 2.52. The molecule has 0 amide bonds. The second-order valence-corrected chi connectivity index (χ2v) is 7.26. The molecule has 1 aromatic rings. The molecule has 1 aliphatic heterocycles. The van der Waals surface area contributed by atoms with Gasteiger partial charge in [0.25, 0.3) is 0 Å². The van der Waals surface area contributed by atoms with Crippen molar-refractivity contribution in [1.82, 2.24) is 5.32 Å². The van der Waals surface area contributed by atoms with Crippen LogP contribution < -0.4 is 5.32 Å². The minimum absolute atomic E-state index is 0.152. The summed E-state index contributed by atoms with van der Waals surface area (Å²) >= 11 is 0. The van der Waals surface area contributed by atoms with Gasteiger partial charge in [0.1, 0.15) is 11.6 Å². The maximum atomic E-state index is 12.5. The number of carbonyl (C=O) groups excluding carboxylic acids is 1. The van der Waals surface area contributed by atoms with Crippen molar-refractivity contribution in [2.24, 2.45) is 0 Å². The molecule has 1 heterocycles. The number of hydrogen-bond donors (Lipinski definition) is 1. The number of ether oxygens (including phenoxy) is 1. The summed E-state index contributed by atoms with van der Waals surface area (Å²) in [7, 11) is 0. The molecule has 0 bridgehead atoms. The van der Waals surface area contributed by atoms with Crippen LogP contribution in [0, 0.1) is 0 Å². The molecular formula is C20H29NO2. The maximum absolute atomic E-state index is 12.5. The molecule has 0 saturated heterocycles. The molecule has 1 aromatic carbocycles. The molecule has 23 heavy (non-hydrogen) atoms. The Bertz CT molecular complexity index is 543. The van der Waals surface area contributed by atoms with E-state index in [0.29, 0.717) is 6.42 Å². The predicted molar refractivity (Wildman–Crippen MR) is 95.1 cm³/mol. The van der Waals surface area contributed by atoms with E-state index in [4.69, 9.17) is 4.74 Å². The summed E-state index contributed by atoms with van der Waals surface area (Å²) in [5, 5.41) is 3.46. The smallest absolute Gasteiger partial charge is 0.324 e. The van der Waals surface area contributed by atoms with Gasteiger partial charge in [-0.3, -0.25) is 10.1 Å². The van der Waals surface area contributed by atoms with E-state index in [-0.39, 0.29) is 18.1 Å². The van der Waals surface area contributed by atoms with E-state index in [9.17, 15) is 4.79 Å². The Hall–Kier alpha value is -1.61. The van der Waals surface area contributed by atoms with Gasteiger partial charge in [0.15, 0.2) is 0 Å². The molecular weight excluding hydrogens is 286 g/mol. The third kappa shape index (κ3) is 5.51. The summed E-state index contributed by atoms with van der Waals surface area (Å²) in [6.45, 7) is 7.93. The number of benzene rings is 1. The number of esters is 1. The second-order valence-electron chi connectivity index (χ2n) is 7.26. The highest BCUT2D eigenvalue weighted by molar-refractivity contribution is 5.81. The van der Waals surface area contributed by atoms with Gasteiger partial charge in [0, 0.05) is 6.04 Å². The Morgan fingerprint density at radius 3 is 2.57 bits per heavy atom. The summed E-state index contributed by atoms with van der Waals surface area (Å²) < 4.78 is 5.59. The fourth-order valence-electron chi connectivity index (χ4n) is 2.88. The first-order chi connectivity index (χ1) is 10.9. The normalized spacial score (nSPS) is 21.7. The lowest BCUT2D eigenvalue weighted by atomic mass is 9.90. The average molecular weight is 315 g/mol. The summed E-state index contributed by atoms with van der Waals surface area (Å²) in [6, 6.07) is 10.3. The van der Waals surface area contributed by atoms with E-state index in [2.05, 4.69) is 30.4 Å². The van der Waals surface area contributed by atoms with Crippen LogP contribution in [0.5, 0.6) is 0 Å². The van der Waals surface area contributed by atoms with E-state index in [1.54, 1.807) is 0 Å². The van der Waals surface area contributed by atoms with Gasteiger partial charge in [0.05, 0.1) is 0 Å². The number of nitrogens with one attached hydrogen (secondary N) is 1. The van der Waals surface area contributed by atoms with Crippen LogP contribution in [0.3, 0.4) is 0 Å². The molecule has 0 fully saturated rings. The SMILES string of the molecule is CCCC[C@H]1C=C(c2ccccc2)C[C@@H](C(=O)OC(C)(C)C)N1. The molecule has 2 rings (SSSR count). The van der Waals surface area contributed by atoms with E-state index in [1.165, 1.54) is 11.1 Å². The first-order valence-electron chi connectivity index (χ1n) is 8.64. The van der Waals surface area contributed by atoms with Gasteiger partial charge < -0.3 is 4.74 Å². The summed E-state index contributed by atoms with van der Waals surface area (Å²) in [6.07, 6.45) is 6.32. The minimum Gasteiger partial charge on any atom is -0.459 e. The maximum Gasteiger partial charge on any atom is 0.324 e. The minimum atomic E-state index is -0.453. The zero-order chi connectivity index (χ0) is 16.9. The van der Waals surface area contributed by atoms with Crippen LogP contribution in [-0.2, 0) is 9.53 Å². The molecule has 0 saturated carbocycles. The lowest BCUT2D eigenvalue weighted by Gasteiger charge is -2.31. The number of rotatable bonds is 5. The van der Waals surface area contributed by atoms with Crippen LogP contribution >= 0.6 is 0 Å². The van der Waals surface area contributed by atoms with Crippen molar-refractivity contribution in [3.8, 4) is 0 Å². The fraction of sp³-hybridized carbons (Fsp3) is 0.550. The highest BCUT2D eigenvalue weighted by Gasteiger charge is 2.30. The molecule has 0 aliphatic carbocycles. The molecule has 126 valence electrons. The Labute approximate surface area is 140 Å². The Kier molecular flexibility index (Phi) is 6.00. The van der Waals surface area contributed by atoms with Gasteiger partial charge in [-0.05, 0) is 44.7 Å². The zero-order valence-corrected chi connectivity index (χ0v) is 14.8. The molecule has 1 N–H and O–H groups in total. The van der Waals surface area contributed by atoms with Crippen LogP contribution in [-0.4, -0.2) is 23.7 Å². The van der Waals surface area contributed by atoms with Crippen LogP contribution in [0.4, 0.5) is 0 Å². The van der Waals surface area contributed by atoms with E-state index in [0.717, 1.165) is 19.3 Å². The van der Waals surface area contributed by atoms with Gasteiger partial charge >= 0.3 is 5.97 Å². The molecule has 1 aliphatic rings. The third-order valence-electron chi connectivity index (χ3n) is 3.95. The molecule has 0 radical (unpaired) electrons. The lowest BCUT2D eigenvalue weighted by Crippen LogP contribution is -2.47. The van der Waals surface area contributed by atoms with Crippen LogP contribution in [0.25, 0.3) is 5.57 Å². The fourth-order valence-corrected chi connectivity index (χ4v) is 2.88. The Morgan fingerprint density at radius 2 is 1.96 bits per heavy atom. The third-order valence-corrected chi connectivity index (χ3v) is 3.95. The molecule has 3 heteroatoms. The Balaban J connectivity index is 2.17. The lowest BCUT2D eigenvalue weighted by molar-refractivity contribution is -0.157. The van der Waals surface area contributed by atoms with Crippen LogP contribution in [0.15, 0.2) is 36.4 Å². The van der Waals surface area contributed by atoms with Crippen molar-refractivity contribution in [2.45, 2.75) is 71.1 Å². The number of unbranched alkanes of at least 4 members (excludes halogenated alkanes) is 1. The molecule has 0 unspecified atom stereocenters. The van der Waals surface area contributed by atoms with Crippen molar-refractivity contribution in [3.05, 3.63) is 42.0 Å². The highest BCUT2D eigenvalue weighted by Crippen LogP contribution is 2.27. The van der Waals surface area contributed by atoms with E-state index >= 15 is 0 Å². The largest absolute Gasteiger partial charge is 0.459 e. The zero-order valence-electron chi connectivity index (χ0n) is 14.8. The van der Waals surface area contributed by atoms with Crippen molar-refractivity contribution in [2.75, 3.05) is 0 Å². The standard InChI is InChI=1S/C20H29NO2/c1-5-6-12-17-13-16(15-10-8-7-9-11-15)14-18(21-17)19(22)23-20(2,3)4/h7-11,13,17-18,21H,5-6,12,14H2,1-4H3/t17-,18-/m0/s1. The van der Waals surface area contributed by atoms with E-state index in [1.807, 2.05) is 39.0 Å². The van der Waals surface area contributed by atoms with Crippen molar-refractivity contribution >= 4 is 11.5 Å². The molecule has 0 spiro atoms. The van der Waals surface area contributed by atoms with E-state index < -0.39 is 5.60 Å². The second kappa shape index (κ2) is 7.78. The monoisotopic (exact) mass is 315 g/mol. The topological polar surface area (TPSA) is 38.3 Å². The van der Waals surface area contributed by atoms with Gasteiger partial charge in [0.2, 0.25) is 0 Å². The summed E-state index contributed by atoms with van der Waals surface area (Å²) in [4.78, 5) is 12.5. The number of hydrogen-bond acceptors (Lipinski definition) is 3. The number of carbonyl (C=O) groups is 1. The van der Waals surface area contributed by atoms with Gasteiger partial charge in [-0.15, -0.1) is 0 Å². The molecule has 0 aromatic heterocycles. The van der Waals surface area contributed by atoms with Crippen molar-refractivity contribution in [3.63, 3.8) is 0 Å². The van der Waals surface area contributed by atoms with Gasteiger partial charge in [-0.2, -0.15) is 0 Å². The van der Waals surface area contributed by atoms with Crippen LogP contribution in [0.1, 0.15) is 58.9 Å². The quantitative estimate of drug-likeness (QED) is 0.822. The molecule has 3 nitrogen and oxygen atoms in total. The summed E-state index contributed by atoms with van der Waals surface area (Å²) in [5.74, 6) is -0.152. The first kappa shape index (κ1) is 17.7. The van der Waals surface area contributed by atoms with Crippen LogP contribution in [0.2, 0.25) is 0 Å². The first-order valence-corrected chi connectivity index (χ1v) is 8.64. The Morgan fingerprint density at radius 1 is 1.26 bits per heavy atom. The molecule has 2 atom stereocenters. The van der Waals surface area contributed by atoms with Crippen molar-refractivity contribution in [1.29, 1.82) is 0 Å². The van der Waals surface area contributed by atoms with Gasteiger partial charge in [-0.1, -0.05) is 56.2 Å². The summed E-state index contributed by atoms with van der Waals surface area (Å²) in [5.41, 5.74) is 1.98. The predicted octanol–water partition coefficient (Wildman–Crippen LogP) is 4.33. The van der Waals surface area contributed by atoms with Gasteiger partial charge in [-0.25, -0.2) is 0 Å². The highest BCUT2D eigenvalue weighted by atomic mass is 16.6.